The van der Waals surface area contributed by atoms with Gasteiger partial charge in [-0.05, 0) is 43.9 Å². The predicted molar refractivity (Wildman–Crippen MR) is 101 cm³/mol. The second-order valence-corrected chi connectivity index (χ2v) is 7.22. The van der Waals surface area contributed by atoms with Crippen LogP contribution in [0.2, 0.25) is 0 Å². The SMILES string of the molecule is O=C(NC1CCC(n2nc(-n3cncn3)ccc2=O)CC1)c1ccc(C(F)(F)F)nc1. The molecule has 0 saturated heterocycles. The molecule has 1 N–H and O–H groups in total. The number of halogens is 3. The number of amides is 1. The number of hydrogen-bond acceptors (Lipinski definition) is 6. The van der Waals surface area contributed by atoms with Crippen molar-refractivity contribution >= 4 is 5.91 Å². The van der Waals surface area contributed by atoms with E-state index in [1.807, 2.05) is 0 Å². The van der Waals surface area contributed by atoms with Crippen molar-refractivity contribution < 1.29 is 18.0 Å². The van der Waals surface area contributed by atoms with Crippen molar-refractivity contribution in [3.05, 3.63) is 64.7 Å². The maximum Gasteiger partial charge on any atom is 0.433 e. The normalized spacial score (nSPS) is 19.2. The highest BCUT2D eigenvalue weighted by Gasteiger charge is 2.32. The molecule has 0 atom stereocenters. The number of alkyl halides is 3. The summed E-state index contributed by atoms with van der Waals surface area (Å²) < 4.78 is 40.7. The molecule has 9 nitrogen and oxygen atoms in total. The fourth-order valence-corrected chi connectivity index (χ4v) is 3.55. The zero-order valence-corrected chi connectivity index (χ0v) is 16.2. The van der Waals surface area contributed by atoms with Gasteiger partial charge in [0, 0.05) is 18.3 Å². The second kappa shape index (κ2) is 8.28. The van der Waals surface area contributed by atoms with Crippen molar-refractivity contribution in [1.29, 1.82) is 0 Å². The Kier molecular flexibility index (Phi) is 5.53. The summed E-state index contributed by atoms with van der Waals surface area (Å²) in [4.78, 5) is 31.8. The average Bonchev–Trinajstić information content (AvgIpc) is 3.29. The standard InChI is InChI=1S/C19H18F3N7O2/c20-19(21,22)15-6-1-12(9-24-15)18(31)26-13-2-4-14(5-3-13)29-17(30)8-7-16(27-29)28-11-23-10-25-28/h1,6-11,13-14H,2-5H2,(H,26,31). The Bertz CT molecular complexity index is 1100. The first-order chi connectivity index (χ1) is 14.8. The Morgan fingerprint density at radius 1 is 1.10 bits per heavy atom. The third-order valence-electron chi connectivity index (χ3n) is 5.16. The van der Waals surface area contributed by atoms with E-state index in [0.717, 1.165) is 18.3 Å². The van der Waals surface area contributed by atoms with Gasteiger partial charge in [-0.25, -0.2) is 14.3 Å². The van der Waals surface area contributed by atoms with E-state index in [1.54, 1.807) is 6.07 Å². The quantitative estimate of drug-likeness (QED) is 0.676. The van der Waals surface area contributed by atoms with Gasteiger partial charge in [-0.3, -0.25) is 14.6 Å². The van der Waals surface area contributed by atoms with Gasteiger partial charge in [0.05, 0.1) is 11.6 Å². The van der Waals surface area contributed by atoms with Gasteiger partial charge >= 0.3 is 6.18 Å². The molecule has 0 radical (unpaired) electrons. The molecule has 0 unspecified atom stereocenters. The molecular weight excluding hydrogens is 415 g/mol. The van der Waals surface area contributed by atoms with Crippen LogP contribution < -0.4 is 10.9 Å². The zero-order valence-electron chi connectivity index (χ0n) is 16.2. The van der Waals surface area contributed by atoms with Crippen LogP contribution in [0.3, 0.4) is 0 Å². The second-order valence-electron chi connectivity index (χ2n) is 7.22. The van der Waals surface area contributed by atoms with Crippen LogP contribution in [0.1, 0.15) is 47.8 Å². The van der Waals surface area contributed by atoms with Crippen molar-refractivity contribution in [2.45, 2.75) is 43.9 Å². The number of pyridine rings is 1. The van der Waals surface area contributed by atoms with Crippen LogP contribution in [0.4, 0.5) is 13.2 Å². The molecule has 0 aromatic carbocycles. The number of hydrogen-bond donors (Lipinski definition) is 1. The third-order valence-corrected chi connectivity index (χ3v) is 5.16. The van der Waals surface area contributed by atoms with Crippen molar-refractivity contribution in [2.75, 3.05) is 0 Å². The molecule has 162 valence electrons. The zero-order chi connectivity index (χ0) is 22.0. The summed E-state index contributed by atoms with van der Waals surface area (Å²) in [6.07, 6.45) is 1.66. The van der Waals surface area contributed by atoms with Crippen molar-refractivity contribution in [1.82, 2.24) is 34.8 Å². The molecule has 1 saturated carbocycles. The van der Waals surface area contributed by atoms with Crippen LogP contribution >= 0.6 is 0 Å². The molecule has 1 fully saturated rings. The maximum atomic E-state index is 12.6. The van der Waals surface area contributed by atoms with E-state index in [0.29, 0.717) is 31.5 Å². The highest BCUT2D eigenvalue weighted by molar-refractivity contribution is 5.94. The Morgan fingerprint density at radius 2 is 1.87 bits per heavy atom. The molecule has 1 aliphatic carbocycles. The lowest BCUT2D eigenvalue weighted by Gasteiger charge is -2.29. The van der Waals surface area contributed by atoms with Gasteiger partial charge in [0.2, 0.25) is 0 Å². The summed E-state index contributed by atoms with van der Waals surface area (Å²) >= 11 is 0. The van der Waals surface area contributed by atoms with Crippen LogP contribution in [0.5, 0.6) is 0 Å². The number of carbonyl (C=O) groups excluding carboxylic acids is 1. The van der Waals surface area contributed by atoms with E-state index in [4.69, 9.17) is 0 Å². The van der Waals surface area contributed by atoms with Gasteiger partial charge in [0.1, 0.15) is 18.3 Å². The lowest BCUT2D eigenvalue weighted by molar-refractivity contribution is -0.141. The van der Waals surface area contributed by atoms with E-state index < -0.39 is 17.8 Å². The molecule has 31 heavy (non-hydrogen) atoms. The number of carbonyl (C=O) groups is 1. The van der Waals surface area contributed by atoms with Crippen molar-refractivity contribution in [3.8, 4) is 5.82 Å². The number of aromatic nitrogens is 6. The van der Waals surface area contributed by atoms with Gasteiger partial charge in [-0.2, -0.15) is 18.3 Å². The minimum atomic E-state index is -4.55. The summed E-state index contributed by atoms with van der Waals surface area (Å²) in [6, 6.07) is 4.60. The lowest BCUT2D eigenvalue weighted by Crippen LogP contribution is -2.39. The first-order valence-corrected chi connectivity index (χ1v) is 9.60. The smallest absolute Gasteiger partial charge is 0.349 e. The molecule has 1 aliphatic rings. The number of nitrogens with zero attached hydrogens (tertiary/aromatic N) is 6. The fourth-order valence-electron chi connectivity index (χ4n) is 3.55. The predicted octanol–water partition coefficient (Wildman–Crippen LogP) is 2.15. The van der Waals surface area contributed by atoms with Gasteiger partial charge in [-0.1, -0.05) is 0 Å². The summed E-state index contributed by atoms with van der Waals surface area (Å²) in [5.74, 6) is -0.00419. The van der Waals surface area contributed by atoms with Crippen molar-refractivity contribution in [3.63, 3.8) is 0 Å². The summed E-state index contributed by atoms with van der Waals surface area (Å²) in [6.45, 7) is 0. The Hall–Kier alpha value is -3.57. The maximum absolute atomic E-state index is 12.6. The largest absolute Gasteiger partial charge is 0.433 e. The highest BCUT2D eigenvalue weighted by atomic mass is 19.4. The topological polar surface area (TPSA) is 108 Å². The lowest BCUT2D eigenvalue weighted by atomic mass is 9.91. The van der Waals surface area contributed by atoms with Crippen LogP contribution in [-0.4, -0.2) is 41.5 Å². The molecule has 0 aliphatic heterocycles. The van der Waals surface area contributed by atoms with Gasteiger partial charge in [0.25, 0.3) is 11.5 Å². The monoisotopic (exact) mass is 433 g/mol. The first-order valence-electron chi connectivity index (χ1n) is 9.60. The van der Waals surface area contributed by atoms with E-state index in [-0.39, 0.29) is 23.2 Å². The van der Waals surface area contributed by atoms with Crippen LogP contribution in [-0.2, 0) is 6.18 Å². The molecule has 0 bridgehead atoms. The van der Waals surface area contributed by atoms with Crippen LogP contribution in [0, 0.1) is 0 Å². The van der Waals surface area contributed by atoms with Crippen molar-refractivity contribution in [2.24, 2.45) is 0 Å². The summed E-state index contributed by atoms with van der Waals surface area (Å²) in [7, 11) is 0. The Balaban J connectivity index is 1.37. The molecule has 4 rings (SSSR count). The highest BCUT2D eigenvalue weighted by Crippen LogP contribution is 2.28. The molecule has 3 heterocycles. The molecule has 1 amide bonds. The van der Waals surface area contributed by atoms with E-state index >= 15 is 0 Å². The van der Waals surface area contributed by atoms with E-state index in [1.165, 1.54) is 28.1 Å². The Morgan fingerprint density at radius 3 is 2.48 bits per heavy atom. The average molecular weight is 433 g/mol. The van der Waals surface area contributed by atoms with E-state index in [9.17, 15) is 22.8 Å². The molecule has 0 spiro atoms. The first kappa shape index (κ1) is 20.7. The minimum Gasteiger partial charge on any atom is -0.349 e. The van der Waals surface area contributed by atoms with Crippen LogP contribution in [0.25, 0.3) is 5.82 Å². The summed E-state index contributed by atoms with van der Waals surface area (Å²) in [5.41, 5.74) is -1.21. The van der Waals surface area contributed by atoms with Gasteiger partial charge < -0.3 is 5.32 Å². The molecule has 3 aromatic rings. The molecule has 3 aromatic heterocycles. The van der Waals surface area contributed by atoms with Gasteiger partial charge in [-0.15, -0.1) is 5.10 Å². The number of rotatable bonds is 4. The molecular formula is C19H18F3N7O2. The van der Waals surface area contributed by atoms with Crippen LogP contribution in [0.15, 0.2) is 47.9 Å². The fraction of sp³-hybridized carbons (Fsp3) is 0.368. The van der Waals surface area contributed by atoms with E-state index in [2.05, 4.69) is 25.5 Å². The van der Waals surface area contributed by atoms with Gasteiger partial charge in [0.15, 0.2) is 5.82 Å². The molecule has 12 heteroatoms. The third kappa shape index (κ3) is 4.62. The Labute approximate surface area is 173 Å². The summed E-state index contributed by atoms with van der Waals surface area (Å²) in [5, 5.41) is 11.2. The number of nitrogens with one attached hydrogen (secondary N) is 1. The minimum absolute atomic E-state index is 0.0635.